The summed E-state index contributed by atoms with van der Waals surface area (Å²) in [4.78, 5) is 26.2. The number of carbonyl (C=O) groups excluding carboxylic acids is 1. The molecule has 2 aliphatic rings. The molecule has 0 saturated carbocycles. The molecule has 0 unspecified atom stereocenters. The molecule has 1 fully saturated rings. The first-order valence-electron chi connectivity index (χ1n) is 9.28. The van der Waals surface area contributed by atoms with E-state index in [2.05, 4.69) is 11.8 Å². The second-order valence-corrected chi connectivity index (χ2v) is 8.36. The summed E-state index contributed by atoms with van der Waals surface area (Å²) in [6.07, 6.45) is 7.34. The maximum Gasteiger partial charge on any atom is 0.313 e. The third-order valence-corrected chi connectivity index (χ3v) is 6.64. The number of aryl methyl sites for hydroxylation is 2. The van der Waals surface area contributed by atoms with Crippen molar-refractivity contribution in [2.45, 2.75) is 51.9 Å². The second kappa shape index (κ2) is 6.90. The quantitative estimate of drug-likeness (QED) is 0.785. The lowest BCUT2D eigenvalue weighted by Gasteiger charge is -2.32. The number of hydrogen-bond donors (Lipinski definition) is 0. The van der Waals surface area contributed by atoms with Crippen molar-refractivity contribution in [3.63, 3.8) is 0 Å². The number of piperidine rings is 1. The van der Waals surface area contributed by atoms with Crippen molar-refractivity contribution < 1.29 is 9.53 Å². The Kier molecular flexibility index (Phi) is 4.63. The zero-order valence-electron chi connectivity index (χ0n) is 15.0. The molecule has 0 atom stereocenters. The molecule has 0 bridgehead atoms. The minimum Gasteiger partial charge on any atom is -0.469 e. The van der Waals surface area contributed by atoms with Crippen LogP contribution in [0, 0.1) is 5.92 Å². The predicted molar refractivity (Wildman–Crippen MR) is 100 cm³/mol. The maximum absolute atomic E-state index is 11.7. The highest BCUT2D eigenvalue weighted by Gasteiger charge is 2.26. The number of esters is 1. The number of rotatable bonds is 3. The van der Waals surface area contributed by atoms with Gasteiger partial charge in [0.2, 0.25) is 0 Å². The standard InChI is InChI=1S/C19H25N3O2S/c1-12-7-9-22(10-8-12)18-17-13-5-3-4-6-14(13)25-19(17)21-15(20-18)11-16(23)24-2/h12H,3-11H2,1-2H3. The molecule has 0 amide bonds. The molecule has 4 rings (SSSR count). The van der Waals surface area contributed by atoms with Crippen molar-refractivity contribution in [3.8, 4) is 0 Å². The lowest BCUT2D eigenvalue weighted by atomic mass is 9.95. The molecule has 1 aliphatic heterocycles. The fourth-order valence-electron chi connectivity index (χ4n) is 3.91. The summed E-state index contributed by atoms with van der Waals surface area (Å²) < 4.78 is 4.82. The third-order valence-electron chi connectivity index (χ3n) is 5.46. The van der Waals surface area contributed by atoms with Crippen LogP contribution < -0.4 is 4.90 Å². The first-order valence-corrected chi connectivity index (χ1v) is 10.1. The molecule has 134 valence electrons. The van der Waals surface area contributed by atoms with E-state index in [0.717, 1.165) is 42.5 Å². The van der Waals surface area contributed by atoms with E-state index >= 15 is 0 Å². The first-order chi connectivity index (χ1) is 12.2. The van der Waals surface area contributed by atoms with Crippen LogP contribution in [0.2, 0.25) is 0 Å². The van der Waals surface area contributed by atoms with Crippen molar-refractivity contribution in [3.05, 3.63) is 16.3 Å². The number of hydrogen-bond acceptors (Lipinski definition) is 6. The van der Waals surface area contributed by atoms with Crippen LogP contribution in [0.4, 0.5) is 5.82 Å². The van der Waals surface area contributed by atoms with Crippen LogP contribution in [-0.2, 0) is 28.8 Å². The van der Waals surface area contributed by atoms with Gasteiger partial charge in [-0.1, -0.05) is 6.92 Å². The minimum atomic E-state index is -0.279. The van der Waals surface area contributed by atoms with Crippen LogP contribution in [0.5, 0.6) is 0 Å². The van der Waals surface area contributed by atoms with Crippen molar-refractivity contribution >= 4 is 33.3 Å². The van der Waals surface area contributed by atoms with Crippen molar-refractivity contribution in [2.75, 3.05) is 25.1 Å². The summed E-state index contributed by atoms with van der Waals surface area (Å²) in [5, 5.41) is 1.25. The number of aromatic nitrogens is 2. The smallest absolute Gasteiger partial charge is 0.313 e. The van der Waals surface area contributed by atoms with E-state index in [1.165, 1.54) is 48.6 Å². The number of anilines is 1. The molecule has 2 aromatic heterocycles. The molecule has 2 aromatic rings. The molecule has 25 heavy (non-hydrogen) atoms. The molecule has 0 spiro atoms. The number of thiophene rings is 1. The molecular formula is C19H25N3O2S. The van der Waals surface area contributed by atoms with E-state index in [9.17, 15) is 4.79 Å². The Morgan fingerprint density at radius 1 is 1.24 bits per heavy atom. The Bertz CT molecular complexity index is 794. The molecule has 6 heteroatoms. The van der Waals surface area contributed by atoms with Crippen molar-refractivity contribution in [1.29, 1.82) is 0 Å². The van der Waals surface area contributed by atoms with E-state index in [1.54, 1.807) is 11.3 Å². The van der Waals surface area contributed by atoms with Crippen LogP contribution >= 0.6 is 11.3 Å². The van der Waals surface area contributed by atoms with Gasteiger partial charge >= 0.3 is 5.97 Å². The van der Waals surface area contributed by atoms with E-state index in [-0.39, 0.29) is 12.4 Å². The van der Waals surface area contributed by atoms with Gasteiger partial charge in [-0.2, -0.15) is 0 Å². The van der Waals surface area contributed by atoms with Gasteiger partial charge in [0.05, 0.1) is 12.5 Å². The summed E-state index contributed by atoms with van der Waals surface area (Å²) in [5.41, 5.74) is 1.46. The number of nitrogens with zero attached hydrogens (tertiary/aromatic N) is 3. The van der Waals surface area contributed by atoms with Gasteiger partial charge < -0.3 is 9.64 Å². The Labute approximate surface area is 152 Å². The van der Waals surface area contributed by atoms with E-state index in [1.807, 2.05) is 0 Å². The average Bonchev–Trinajstić information content (AvgIpc) is 3.00. The Hall–Kier alpha value is -1.69. The van der Waals surface area contributed by atoms with Crippen LogP contribution in [0.3, 0.4) is 0 Å². The van der Waals surface area contributed by atoms with Crippen LogP contribution in [0.25, 0.3) is 10.2 Å². The predicted octanol–water partition coefficient (Wildman–Crippen LogP) is 3.52. The highest BCUT2D eigenvalue weighted by Crippen LogP contribution is 2.40. The number of ether oxygens (including phenoxy) is 1. The number of methoxy groups -OCH3 is 1. The first kappa shape index (κ1) is 16.8. The lowest BCUT2D eigenvalue weighted by molar-refractivity contribution is -0.139. The molecule has 1 aliphatic carbocycles. The lowest BCUT2D eigenvalue weighted by Crippen LogP contribution is -2.34. The zero-order chi connectivity index (χ0) is 17.4. The van der Waals surface area contributed by atoms with Gasteiger partial charge in [0, 0.05) is 18.0 Å². The summed E-state index contributed by atoms with van der Waals surface area (Å²) >= 11 is 1.80. The summed E-state index contributed by atoms with van der Waals surface area (Å²) in [6.45, 7) is 4.40. The molecular weight excluding hydrogens is 334 g/mol. The van der Waals surface area contributed by atoms with Gasteiger partial charge in [-0.3, -0.25) is 4.79 Å². The maximum atomic E-state index is 11.7. The van der Waals surface area contributed by atoms with Crippen LogP contribution in [0.15, 0.2) is 0 Å². The van der Waals surface area contributed by atoms with Gasteiger partial charge in [0.25, 0.3) is 0 Å². The number of carbonyl (C=O) groups is 1. The number of fused-ring (bicyclic) bond motifs is 3. The Balaban J connectivity index is 1.81. The van der Waals surface area contributed by atoms with Crippen LogP contribution in [0.1, 0.15) is 48.9 Å². The molecule has 0 radical (unpaired) electrons. The molecule has 0 aromatic carbocycles. The van der Waals surface area contributed by atoms with Crippen molar-refractivity contribution in [2.24, 2.45) is 5.92 Å². The van der Waals surface area contributed by atoms with Gasteiger partial charge in [-0.15, -0.1) is 11.3 Å². The summed E-state index contributed by atoms with van der Waals surface area (Å²) in [5.74, 6) is 2.14. The van der Waals surface area contributed by atoms with Crippen LogP contribution in [-0.4, -0.2) is 36.1 Å². The fourth-order valence-corrected chi connectivity index (χ4v) is 5.19. The van der Waals surface area contributed by atoms with Crippen molar-refractivity contribution in [1.82, 2.24) is 9.97 Å². The normalized spacial score (nSPS) is 18.4. The zero-order valence-corrected chi connectivity index (χ0v) is 15.8. The SMILES string of the molecule is COC(=O)Cc1nc(N2CCC(C)CC2)c2c3c(sc2n1)CCCC3. The molecule has 5 nitrogen and oxygen atoms in total. The largest absolute Gasteiger partial charge is 0.469 e. The minimum absolute atomic E-state index is 0.145. The topological polar surface area (TPSA) is 55.3 Å². The fraction of sp³-hybridized carbons (Fsp3) is 0.632. The molecule has 1 saturated heterocycles. The second-order valence-electron chi connectivity index (χ2n) is 7.28. The monoisotopic (exact) mass is 359 g/mol. The summed E-state index contributed by atoms with van der Waals surface area (Å²) in [7, 11) is 1.41. The van der Waals surface area contributed by atoms with E-state index < -0.39 is 0 Å². The van der Waals surface area contributed by atoms with Gasteiger partial charge in [-0.25, -0.2) is 9.97 Å². The van der Waals surface area contributed by atoms with Gasteiger partial charge in [0.1, 0.15) is 22.9 Å². The highest BCUT2D eigenvalue weighted by atomic mass is 32.1. The Morgan fingerprint density at radius 3 is 2.76 bits per heavy atom. The van der Waals surface area contributed by atoms with E-state index in [0.29, 0.717) is 5.82 Å². The molecule has 0 N–H and O–H groups in total. The average molecular weight is 359 g/mol. The van der Waals surface area contributed by atoms with Gasteiger partial charge in [0.15, 0.2) is 0 Å². The third kappa shape index (κ3) is 3.24. The van der Waals surface area contributed by atoms with Gasteiger partial charge in [-0.05, 0) is 50.0 Å². The summed E-state index contributed by atoms with van der Waals surface area (Å²) in [6, 6.07) is 0. The molecule has 3 heterocycles. The van der Waals surface area contributed by atoms with E-state index in [4.69, 9.17) is 14.7 Å². The Morgan fingerprint density at radius 2 is 2.00 bits per heavy atom. The highest BCUT2D eigenvalue weighted by molar-refractivity contribution is 7.19.